The Morgan fingerprint density at radius 1 is 0.888 bits per heavy atom. The first kappa shape index (κ1) is 66.0. The number of Topliss-reactive ketones (excluding diaryl/α,β-unsaturated/α-hetero) is 1. The summed E-state index contributed by atoms with van der Waals surface area (Å²) in [6, 6.07) is 8.01. The Labute approximate surface area is 514 Å². The molecule has 5 heterocycles. The predicted molar refractivity (Wildman–Crippen MR) is 327 cm³/mol. The number of phenolic OH excluding ortho intramolecular Hbond substituents is 2. The van der Waals surface area contributed by atoms with Crippen LogP contribution in [0.1, 0.15) is 114 Å². The van der Waals surface area contributed by atoms with Crippen molar-refractivity contribution in [3.05, 3.63) is 105 Å². The van der Waals surface area contributed by atoms with Gasteiger partial charge in [-0.05, 0) is 43.7 Å². The number of nitrogens with zero attached hydrogens (tertiary/aromatic N) is 3. The molecule has 474 valence electrons. The summed E-state index contributed by atoms with van der Waals surface area (Å²) in [5.74, 6) is -11.1. The van der Waals surface area contributed by atoms with E-state index in [0.29, 0.717) is 24.7 Å². The molecule has 0 saturated carbocycles. The van der Waals surface area contributed by atoms with Gasteiger partial charge in [-0.25, -0.2) is 9.78 Å². The number of benzene rings is 4. The molecule has 6 aliphatic rings. The maximum Gasteiger partial charge on any atom is 0.338 e. The lowest BCUT2D eigenvalue weighted by Crippen LogP contribution is -2.47. The van der Waals surface area contributed by atoms with Crippen molar-refractivity contribution in [2.45, 2.75) is 126 Å². The molecular formula is C66H77N5O18. The molecule has 3 aromatic carbocycles. The average Bonchev–Trinajstić information content (AvgIpc) is 1.69. The molecule has 3 aromatic rings. The number of ether oxygens (including phenoxy) is 5. The fourth-order valence-corrected chi connectivity index (χ4v) is 11.7. The zero-order chi connectivity index (χ0) is 64.9. The van der Waals surface area contributed by atoms with Crippen molar-refractivity contribution in [1.29, 1.82) is 0 Å². The Bertz CT molecular complexity index is 3700. The minimum atomic E-state index is -2.12. The third kappa shape index (κ3) is 14.2. The number of anilines is 2. The molecular weight excluding hydrogens is 1150 g/mol. The smallest absolute Gasteiger partial charge is 0.338 e. The molecule has 23 heteroatoms. The van der Waals surface area contributed by atoms with Crippen LogP contribution in [0.25, 0.3) is 33.3 Å². The molecule has 9 atom stereocenters. The minimum Gasteiger partial charge on any atom is -0.507 e. The quantitative estimate of drug-likeness (QED) is 0.0178. The zero-order valence-electron chi connectivity index (χ0n) is 51.7. The van der Waals surface area contributed by atoms with Crippen LogP contribution >= 0.6 is 0 Å². The van der Waals surface area contributed by atoms with Gasteiger partial charge in [0.1, 0.15) is 71.6 Å². The van der Waals surface area contributed by atoms with Gasteiger partial charge >= 0.3 is 23.7 Å². The topological polar surface area (TPSA) is 317 Å². The molecule has 0 aromatic heterocycles. The van der Waals surface area contributed by atoms with E-state index in [2.05, 4.69) is 34.3 Å². The highest BCUT2D eigenvalue weighted by atomic mass is 16.7. The summed E-state index contributed by atoms with van der Waals surface area (Å²) in [6.45, 7) is 21.8. The highest BCUT2D eigenvalue weighted by molar-refractivity contribution is 6.22. The van der Waals surface area contributed by atoms with E-state index >= 15 is 9.59 Å². The van der Waals surface area contributed by atoms with Crippen molar-refractivity contribution in [1.82, 2.24) is 15.2 Å². The second kappa shape index (κ2) is 27.6. The Kier molecular flexibility index (Phi) is 20.5. The van der Waals surface area contributed by atoms with E-state index in [-0.39, 0.29) is 79.8 Å². The summed E-state index contributed by atoms with van der Waals surface area (Å²) >= 11 is 0. The summed E-state index contributed by atoms with van der Waals surface area (Å²) in [4.78, 5) is 128. The van der Waals surface area contributed by atoms with Crippen LogP contribution in [-0.4, -0.2) is 136 Å². The number of hydrogen-bond acceptors (Lipinski definition) is 21. The van der Waals surface area contributed by atoms with Crippen LogP contribution in [0.2, 0.25) is 0 Å². The third-order valence-corrected chi connectivity index (χ3v) is 16.9. The van der Waals surface area contributed by atoms with Gasteiger partial charge in [-0.1, -0.05) is 84.9 Å². The predicted octanol–water partition coefficient (Wildman–Crippen LogP) is 7.62. The number of nitrogens with one attached hydrogen (secondary N) is 2. The summed E-state index contributed by atoms with van der Waals surface area (Å²) < 4.78 is 36.7. The van der Waals surface area contributed by atoms with Crippen molar-refractivity contribution in [3.63, 3.8) is 0 Å². The van der Waals surface area contributed by atoms with Crippen molar-refractivity contribution < 1.29 is 81.8 Å². The van der Waals surface area contributed by atoms with Gasteiger partial charge in [0.25, 0.3) is 11.7 Å². The number of aromatic hydroxyl groups is 2. The van der Waals surface area contributed by atoms with Crippen molar-refractivity contribution in [2.24, 2.45) is 35.5 Å². The van der Waals surface area contributed by atoms with Crippen molar-refractivity contribution in [2.75, 3.05) is 42.9 Å². The van der Waals surface area contributed by atoms with E-state index in [4.69, 9.17) is 33.1 Å². The van der Waals surface area contributed by atoms with Gasteiger partial charge in [-0.2, -0.15) is 0 Å². The molecule has 0 unspecified atom stereocenters. The number of aliphatic hydroxyl groups is 1. The number of aromatic nitrogens is 1. The van der Waals surface area contributed by atoms with Gasteiger partial charge in [-0.15, -0.1) is 0 Å². The summed E-state index contributed by atoms with van der Waals surface area (Å²) in [5, 5.41) is 40.5. The number of rotatable bonds is 14. The van der Waals surface area contributed by atoms with E-state index in [0.717, 1.165) is 19.6 Å². The number of carbonyl (C=O) groups excluding carboxylic acids is 8. The first-order valence-corrected chi connectivity index (χ1v) is 29.7. The molecule has 5 N–H and O–H groups in total. The van der Waals surface area contributed by atoms with Gasteiger partial charge in [0.2, 0.25) is 11.3 Å². The summed E-state index contributed by atoms with van der Waals surface area (Å²) in [7, 11) is 0. The number of carbonyl (C=O) groups is 8. The lowest BCUT2D eigenvalue weighted by molar-refractivity contribution is -0.158. The summed E-state index contributed by atoms with van der Waals surface area (Å²) in [6.07, 6.45) is 3.66. The van der Waals surface area contributed by atoms with E-state index in [9.17, 15) is 48.9 Å². The van der Waals surface area contributed by atoms with Crippen LogP contribution in [0.15, 0.2) is 81.7 Å². The number of phenols is 2. The van der Waals surface area contributed by atoms with Crippen molar-refractivity contribution >= 4 is 81.3 Å². The lowest BCUT2D eigenvalue weighted by Gasteiger charge is -2.38. The second-order valence-corrected chi connectivity index (χ2v) is 23.9. The molecule has 0 radical (unpaired) electrons. The maximum atomic E-state index is 15.2. The third-order valence-electron chi connectivity index (χ3n) is 16.9. The highest BCUT2D eigenvalue weighted by Gasteiger charge is 2.50. The normalized spacial score (nSPS) is 25.0. The number of piperazine rings is 1. The van der Waals surface area contributed by atoms with Crippen LogP contribution in [0.3, 0.4) is 0 Å². The Hall–Kier alpha value is -8.96. The minimum absolute atomic E-state index is 0.00244. The molecule has 1 saturated heterocycles. The number of ketones is 1. The zero-order valence-corrected chi connectivity index (χ0v) is 51.7. The van der Waals surface area contributed by atoms with Gasteiger partial charge in [0, 0.05) is 111 Å². The molecule has 5 bridgehead atoms. The lowest BCUT2D eigenvalue weighted by atomic mass is 9.76. The van der Waals surface area contributed by atoms with Gasteiger partial charge < -0.3 is 68.5 Å². The fourth-order valence-electron chi connectivity index (χ4n) is 11.7. The molecule has 1 fully saturated rings. The van der Waals surface area contributed by atoms with Crippen LogP contribution in [0.4, 0.5) is 11.4 Å². The number of esters is 3. The Morgan fingerprint density at radius 2 is 1.57 bits per heavy atom. The number of aldehydes is 2. The molecule has 9 rings (SSSR count). The van der Waals surface area contributed by atoms with Crippen LogP contribution in [0, 0.1) is 42.4 Å². The van der Waals surface area contributed by atoms with E-state index in [1.165, 1.54) is 58.2 Å². The number of hydrogen-bond donors (Lipinski definition) is 5. The van der Waals surface area contributed by atoms with Gasteiger partial charge in [-0.3, -0.25) is 33.7 Å². The highest BCUT2D eigenvalue weighted by Crippen LogP contribution is 2.51. The van der Waals surface area contributed by atoms with E-state index in [1.54, 1.807) is 71.0 Å². The number of allylic oxidation sites excluding steroid dienone is 3. The standard InChI is InChI=1S/C66H77N5O18/c1-33(2)29-70-22-24-71(25-23-70)44-27-46(75)53-47(28-44)87-62-54(68-53)50-51-57(79)40(9)61-52(50)63(81)66(11,89-61)85-26-21-34(3)37(6)60(86-41(10)74)39(8)56(78)38(7)59(35(4)15-14-16-36(5)64(82)69-55(62)58(51)80)88-65(83)45-18-13-12-17-42(45)32-84-49(77)20-19-48(76)67-43(30-72)31-73/h12-18,21,26-28,30-31,33-35,37-39,43,56,59-60,75,78-79H,19-20,22-25,29,32H2,1-11H3,(H,67,76)(H,69,82)/b15-14+,26-21+,36-16-/t34-,35-,37+,38-,39+,56+,59-,60+,66-/m0/s1. The molecule has 23 nitrogen and oxygen atoms in total. The van der Waals surface area contributed by atoms with Crippen LogP contribution in [0.5, 0.6) is 17.2 Å². The summed E-state index contributed by atoms with van der Waals surface area (Å²) in [5.41, 5.74) is -0.883. The fraction of sp³-hybridized carbons (Fsp3) is 0.455. The van der Waals surface area contributed by atoms with E-state index in [1.807, 2.05) is 0 Å². The largest absolute Gasteiger partial charge is 0.507 e. The van der Waals surface area contributed by atoms with Crippen molar-refractivity contribution in [3.8, 4) is 28.7 Å². The molecule has 89 heavy (non-hydrogen) atoms. The number of aliphatic hydroxyl groups excluding tert-OH is 1. The van der Waals surface area contributed by atoms with Crippen LogP contribution in [-0.2, 0) is 54.3 Å². The first-order valence-electron chi connectivity index (χ1n) is 29.7. The van der Waals surface area contributed by atoms with Gasteiger partial charge in [0.05, 0.1) is 35.3 Å². The monoisotopic (exact) mass is 1230 g/mol. The first-order chi connectivity index (χ1) is 42.2. The Balaban J connectivity index is 1.20. The molecule has 1 aliphatic carbocycles. The average molecular weight is 1230 g/mol. The van der Waals surface area contributed by atoms with Gasteiger partial charge in [0.15, 0.2) is 11.3 Å². The number of fused-ring (bicyclic) bond motifs is 14. The maximum absolute atomic E-state index is 15.2. The molecule has 0 spiro atoms. The second-order valence-electron chi connectivity index (χ2n) is 23.9. The van der Waals surface area contributed by atoms with Crippen LogP contribution < -0.4 is 25.7 Å². The SMILES string of the molecule is CC(=O)O[C@H]1[C@H](C)[C@H](O)[C@H](C)[C@@H](OC(=O)c2ccccc2COC(=O)CCC(=O)NC(C=O)C=O)[C@@H](C)/C=C/C=C(/C)C(=O)Nc2c3oc4cc(N5CCN(CC(C)C)CC5)cc(O)c4nc-3c3c4c(c(C)c(O)c3c2=O)O[C@](C)(O/C=C/[C@H](C)[C@H]1C)C4=O. The molecule has 2 amide bonds. The number of amides is 2. The Morgan fingerprint density at radius 3 is 2.25 bits per heavy atom. The molecule has 5 aliphatic heterocycles. The van der Waals surface area contributed by atoms with E-state index < -0.39 is 137 Å².